The van der Waals surface area contributed by atoms with Crippen LogP contribution in [0.15, 0.2) is 23.1 Å². The van der Waals surface area contributed by atoms with Gasteiger partial charge in [0.15, 0.2) is 6.61 Å². The van der Waals surface area contributed by atoms with Crippen LogP contribution >= 0.6 is 23.4 Å². The van der Waals surface area contributed by atoms with E-state index in [4.69, 9.17) is 16.3 Å². The average molecular weight is 329 g/mol. The Bertz CT molecular complexity index is 594. The quantitative estimate of drug-likeness (QED) is 0.673. The van der Waals surface area contributed by atoms with E-state index in [0.29, 0.717) is 6.54 Å². The summed E-state index contributed by atoms with van der Waals surface area (Å²) in [4.78, 5) is 36.9. The summed E-state index contributed by atoms with van der Waals surface area (Å²) < 4.78 is 4.93. The highest BCUT2D eigenvalue weighted by Crippen LogP contribution is 2.23. The van der Waals surface area contributed by atoms with Crippen molar-refractivity contribution in [2.24, 2.45) is 0 Å². The fourth-order valence-corrected chi connectivity index (χ4v) is 2.41. The van der Waals surface area contributed by atoms with Crippen LogP contribution in [0.25, 0.3) is 0 Å². The summed E-state index contributed by atoms with van der Waals surface area (Å²) in [5, 5.41) is 2.75. The Morgan fingerprint density at radius 2 is 2.24 bits per heavy atom. The zero-order valence-corrected chi connectivity index (χ0v) is 12.8. The van der Waals surface area contributed by atoms with Gasteiger partial charge in [-0.15, -0.1) is 11.8 Å². The molecule has 1 saturated heterocycles. The van der Waals surface area contributed by atoms with Crippen molar-refractivity contribution in [2.45, 2.75) is 4.90 Å². The minimum absolute atomic E-state index is 0.196. The van der Waals surface area contributed by atoms with E-state index in [1.54, 1.807) is 18.2 Å². The van der Waals surface area contributed by atoms with Crippen molar-refractivity contribution in [3.05, 3.63) is 28.8 Å². The maximum Gasteiger partial charge on any atom is 0.340 e. The largest absolute Gasteiger partial charge is 0.452 e. The van der Waals surface area contributed by atoms with Crippen LogP contribution in [0.4, 0.5) is 4.79 Å². The number of benzene rings is 1. The summed E-state index contributed by atoms with van der Waals surface area (Å²) in [5.74, 6) is -1.25. The van der Waals surface area contributed by atoms with E-state index < -0.39 is 24.5 Å². The number of carbonyl (C=O) groups is 3. The third-order valence-electron chi connectivity index (χ3n) is 2.88. The van der Waals surface area contributed by atoms with Gasteiger partial charge in [0.1, 0.15) is 0 Å². The van der Waals surface area contributed by atoms with Gasteiger partial charge < -0.3 is 10.1 Å². The number of nitrogens with zero attached hydrogens (tertiary/aromatic N) is 1. The molecule has 0 bridgehead atoms. The van der Waals surface area contributed by atoms with Gasteiger partial charge in [0.05, 0.1) is 10.6 Å². The molecule has 1 heterocycles. The van der Waals surface area contributed by atoms with Crippen LogP contribution in [-0.2, 0) is 9.53 Å². The minimum Gasteiger partial charge on any atom is -0.452 e. The van der Waals surface area contributed by atoms with Gasteiger partial charge in [0.2, 0.25) is 0 Å². The molecule has 1 N–H and O–H groups in total. The summed E-state index contributed by atoms with van der Waals surface area (Å²) in [7, 11) is 0. The molecule has 21 heavy (non-hydrogen) atoms. The van der Waals surface area contributed by atoms with Crippen LogP contribution in [0.3, 0.4) is 0 Å². The molecule has 1 aliphatic rings. The Hall–Kier alpha value is -1.73. The Labute approximate surface area is 130 Å². The van der Waals surface area contributed by atoms with E-state index in [0.717, 1.165) is 9.80 Å². The molecule has 0 aliphatic carbocycles. The molecule has 112 valence electrons. The number of esters is 1. The van der Waals surface area contributed by atoms with E-state index in [-0.39, 0.29) is 17.1 Å². The number of carbonyl (C=O) groups excluding carboxylic acids is 3. The molecular weight excluding hydrogens is 316 g/mol. The number of halogens is 1. The summed E-state index contributed by atoms with van der Waals surface area (Å²) >= 11 is 7.40. The highest BCUT2D eigenvalue weighted by atomic mass is 35.5. The molecule has 0 unspecified atom stereocenters. The lowest BCUT2D eigenvalue weighted by atomic mass is 10.2. The first-order valence-electron chi connectivity index (χ1n) is 6.12. The SMILES string of the molecule is CSc1ccc(Cl)c(C(=O)OCC(=O)N2CCNC2=O)c1. The van der Waals surface area contributed by atoms with Gasteiger partial charge >= 0.3 is 12.0 Å². The van der Waals surface area contributed by atoms with Crippen molar-refractivity contribution in [1.82, 2.24) is 10.2 Å². The van der Waals surface area contributed by atoms with Crippen molar-refractivity contribution in [3.63, 3.8) is 0 Å². The Morgan fingerprint density at radius 3 is 2.86 bits per heavy atom. The lowest BCUT2D eigenvalue weighted by Crippen LogP contribution is -2.37. The van der Waals surface area contributed by atoms with Crippen molar-refractivity contribution in [3.8, 4) is 0 Å². The van der Waals surface area contributed by atoms with E-state index in [2.05, 4.69) is 5.32 Å². The van der Waals surface area contributed by atoms with E-state index >= 15 is 0 Å². The van der Waals surface area contributed by atoms with Gasteiger partial charge in [-0.2, -0.15) is 0 Å². The summed E-state index contributed by atoms with van der Waals surface area (Å²) in [6.07, 6.45) is 1.87. The molecule has 1 aromatic carbocycles. The fourth-order valence-electron chi connectivity index (χ4n) is 1.78. The highest BCUT2D eigenvalue weighted by Gasteiger charge is 2.27. The lowest BCUT2D eigenvalue weighted by molar-refractivity contribution is -0.130. The molecule has 0 saturated carbocycles. The number of amides is 3. The second-order valence-corrected chi connectivity index (χ2v) is 5.49. The number of hydrogen-bond donors (Lipinski definition) is 1. The topological polar surface area (TPSA) is 75.7 Å². The maximum absolute atomic E-state index is 11.9. The van der Waals surface area contributed by atoms with E-state index in [9.17, 15) is 14.4 Å². The predicted octanol–water partition coefficient (Wildman–Crippen LogP) is 1.77. The summed E-state index contributed by atoms with van der Waals surface area (Å²) in [6.45, 7) is 0.185. The number of thioether (sulfide) groups is 1. The minimum atomic E-state index is -0.691. The molecule has 8 heteroatoms. The Balaban J connectivity index is 1.98. The Morgan fingerprint density at radius 1 is 1.48 bits per heavy atom. The Kier molecular flexibility index (Phi) is 5.08. The zero-order chi connectivity index (χ0) is 15.4. The van der Waals surface area contributed by atoms with E-state index in [1.807, 2.05) is 6.26 Å². The third-order valence-corrected chi connectivity index (χ3v) is 3.93. The number of urea groups is 1. The first-order chi connectivity index (χ1) is 10.0. The average Bonchev–Trinajstić information content (AvgIpc) is 2.91. The molecule has 2 rings (SSSR count). The molecule has 1 aliphatic heterocycles. The number of hydrogen-bond acceptors (Lipinski definition) is 5. The predicted molar refractivity (Wildman–Crippen MR) is 78.6 cm³/mol. The van der Waals surface area contributed by atoms with Gasteiger partial charge in [-0.3, -0.25) is 9.69 Å². The molecule has 0 spiro atoms. The zero-order valence-electron chi connectivity index (χ0n) is 11.2. The fraction of sp³-hybridized carbons (Fsp3) is 0.308. The standard InChI is InChI=1S/C13H13ClN2O4S/c1-21-8-2-3-10(14)9(6-8)12(18)20-7-11(17)16-5-4-15-13(16)19/h2-3,6H,4-5,7H2,1H3,(H,15,19). The maximum atomic E-state index is 11.9. The molecule has 0 radical (unpaired) electrons. The van der Waals surface area contributed by atoms with Crippen LogP contribution in [0, 0.1) is 0 Å². The van der Waals surface area contributed by atoms with Crippen molar-refractivity contribution >= 4 is 41.3 Å². The second kappa shape index (κ2) is 6.82. The van der Waals surface area contributed by atoms with Gasteiger partial charge in [0.25, 0.3) is 5.91 Å². The molecule has 3 amide bonds. The molecule has 0 atom stereocenters. The first-order valence-corrected chi connectivity index (χ1v) is 7.72. The number of imide groups is 1. The third kappa shape index (κ3) is 3.68. The molecule has 1 aromatic rings. The van der Waals surface area contributed by atoms with Gasteiger partial charge in [-0.25, -0.2) is 9.59 Å². The number of nitrogens with one attached hydrogen (secondary N) is 1. The molecule has 1 fully saturated rings. The second-order valence-electron chi connectivity index (χ2n) is 4.20. The van der Waals surface area contributed by atoms with Crippen molar-refractivity contribution in [1.29, 1.82) is 0 Å². The van der Waals surface area contributed by atoms with Gasteiger partial charge in [-0.05, 0) is 24.5 Å². The first kappa shape index (κ1) is 15.7. The highest BCUT2D eigenvalue weighted by molar-refractivity contribution is 7.98. The summed E-state index contributed by atoms with van der Waals surface area (Å²) in [5.41, 5.74) is 0.196. The van der Waals surface area contributed by atoms with Crippen molar-refractivity contribution < 1.29 is 19.1 Å². The van der Waals surface area contributed by atoms with Crippen LogP contribution < -0.4 is 5.32 Å². The van der Waals surface area contributed by atoms with Crippen LogP contribution in [-0.4, -0.2) is 48.8 Å². The normalized spacial score (nSPS) is 14.0. The molecule has 0 aromatic heterocycles. The van der Waals surface area contributed by atoms with Gasteiger partial charge in [-0.1, -0.05) is 11.6 Å². The van der Waals surface area contributed by atoms with Crippen LogP contribution in [0.5, 0.6) is 0 Å². The number of ether oxygens (including phenoxy) is 1. The van der Waals surface area contributed by atoms with E-state index in [1.165, 1.54) is 11.8 Å². The van der Waals surface area contributed by atoms with Crippen molar-refractivity contribution in [2.75, 3.05) is 26.0 Å². The summed E-state index contributed by atoms with van der Waals surface area (Å²) in [6, 6.07) is 4.50. The molecular formula is C13H13ClN2O4S. The molecule has 6 nitrogen and oxygen atoms in total. The van der Waals surface area contributed by atoms with Gasteiger partial charge in [0, 0.05) is 18.0 Å². The lowest BCUT2D eigenvalue weighted by Gasteiger charge is -2.12. The number of rotatable bonds is 4. The monoisotopic (exact) mass is 328 g/mol. The smallest absolute Gasteiger partial charge is 0.340 e. The van der Waals surface area contributed by atoms with Crippen LogP contribution in [0.1, 0.15) is 10.4 Å². The van der Waals surface area contributed by atoms with Crippen LogP contribution in [0.2, 0.25) is 5.02 Å².